The van der Waals surface area contributed by atoms with E-state index >= 15 is 0 Å². The Bertz CT molecular complexity index is 1220. The zero-order chi connectivity index (χ0) is 23.7. The van der Waals surface area contributed by atoms with Crippen LogP contribution in [0.15, 0.2) is 66.7 Å². The van der Waals surface area contributed by atoms with Crippen LogP contribution in [0.4, 0.5) is 0 Å². The van der Waals surface area contributed by atoms with Gasteiger partial charge in [0.1, 0.15) is 6.04 Å². The average Bonchev–Trinajstić information content (AvgIpc) is 3.64. The summed E-state index contributed by atoms with van der Waals surface area (Å²) in [6.45, 7) is 1.55. The lowest BCUT2D eigenvalue weighted by Gasteiger charge is -2.37. The molecule has 3 amide bonds. The molecule has 0 spiro atoms. The quantitative estimate of drug-likeness (QED) is 0.372. The van der Waals surface area contributed by atoms with Crippen LogP contribution < -0.4 is 0 Å². The first-order chi connectivity index (χ1) is 16.4. The van der Waals surface area contributed by atoms with E-state index in [0.717, 1.165) is 16.4 Å². The predicted molar refractivity (Wildman–Crippen MR) is 124 cm³/mol. The number of hydrogen-bond acceptors (Lipinski definition) is 4. The van der Waals surface area contributed by atoms with Crippen LogP contribution in [0.25, 0.3) is 0 Å². The first kappa shape index (κ1) is 21.3. The van der Waals surface area contributed by atoms with Gasteiger partial charge in [0.05, 0.1) is 22.4 Å². The maximum absolute atomic E-state index is 13.8. The molecule has 3 fully saturated rings. The maximum atomic E-state index is 13.8. The molecule has 0 N–H and O–H groups in total. The third kappa shape index (κ3) is 2.94. The molecule has 2 saturated carbocycles. The van der Waals surface area contributed by atoms with E-state index in [1.54, 1.807) is 55.5 Å². The van der Waals surface area contributed by atoms with Crippen molar-refractivity contribution in [3.8, 4) is 0 Å². The Hall–Kier alpha value is -3.25. The molecule has 5 aliphatic rings. The normalized spacial score (nSPS) is 31.2. The van der Waals surface area contributed by atoms with Crippen molar-refractivity contribution in [2.75, 3.05) is 0 Å². The largest absolute Gasteiger partial charge is 0.292 e. The highest BCUT2D eigenvalue weighted by Crippen LogP contribution is 2.65. The fourth-order valence-corrected chi connectivity index (χ4v) is 6.52. The number of halogens is 1. The summed E-state index contributed by atoms with van der Waals surface area (Å²) in [5.41, 5.74) is 0.530. The van der Waals surface area contributed by atoms with Gasteiger partial charge >= 0.3 is 0 Å². The molecule has 2 aromatic rings. The summed E-state index contributed by atoms with van der Waals surface area (Å²) in [5.74, 6) is -1.86. The summed E-state index contributed by atoms with van der Waals surface area (Å²) in [7, 11) is 0. The molecular formula is C27H23ClN2O4. The van der Waals surface area contributed by atoms with Gasteiger partial charge in [0, 0.05) is 5.56 Å². The summed E-state index contributed by atoms with van der Waals surface area (Å²) in [6, 6.07) is 13.9. The van der Waals surface area contributed by atoms with E-state index in [0.29, 0.717) is 17.4 Å². The second-order valence-electron chi connectivity index (χ2n) is 9.68. The highest BCUT2D eigenvalue weighted by atomic mass is 35.5. The van der Waals surface area contributed by atoms with Crippen molar-refractivity contribution >= 4 is 35.1 Å². The van der Waals surface area contributed by atoms with Crippen molar-refractivity contribution in [3.05, 3.63) is 82.9 Å². The number of nitrogens with zero attached hydrogens (tertiary/aromatic N) is 2. The topological polar surface area (TPSA) is 74.8 Å². The number of rotatable bonds is 5. The second-order valence-corrected chi connectivity index (χ2v) is 10.1. The smallest absolute Gasteiger partial charge is 0.275 e. The van der Waals surface area contributed by atoms with E-state index in [-0.39, 0.29) is 28.2 Å². The van der Waals surface area contributed by atoms with Crippen molar-refractivity contribution in [3.63, 3.8) is 0 Å². The van der Waals surface area contributed by atoms with Crippen LogP contribution >= 0.6 is 11.6 Å². The standard InChI is InChI=1S/C27H23ClN2O4/c1-14(24(31)15-7-3-2-4-8-15)29(25(32)18-9-5-6-10-21(18)28)30-26(33)22-16-11-12-17(20-13-19(16)20)23(22)27(30)34/h2-12,14,16-17,19-20,22-23H,13H2,1H3/t14-,16+,17+,19+,20+,22-,23+/m1/s1. The Morgan fingerprint density at radius 2 is 1.47 bits per heavy atom. The first-order valence-electron chi connectivity index (χ1n) is 11.6. The number of allylic oxidation sites excluding steroid dienone is 2. The minimum Gasteiger partial charge on any atom is -0.292 e. The van der Waals surface area contributed by atoms with E-state index in [1.807, 2.05) is 0 Å². The molecule has 7 heteroatoms. The molecule has 6 nitrogen and oxygen atoms in total. The van der Waals surface area contributed by atoms with E-state index < -0.39 is 35.6 Å². The minimum absolute atomic E-state index is 0.0128. The highest BCUT2D eigenvalue weighted by Gasteiger charge is 2.68. The van der Waals surface area contributed by atoms with Crippen LogP contribution in [0, 0.1) is 35.5 Å². The molecule has 2 aromatic carbocycles. The highest BCUT2D eigenvalue weighted by molar-refractivity contribution is 6.34. The van der Waals surface area contributed by atoms with Gasteiger partial charge in [-0.3, -0.25) is 19.2 Å². The van der Waals surface area contributed by atoms with E-state index in [2.05, 4.69) is 12.2 Å². The summed E-state index contributed by atoms with van der Waals surface area (Å²) in [4.78, 5) is 54.7. The zero-order valence-corrected chi connectivity index (χ0v) is 19.3. The van der Waals surface area contributed by atoms with E-state index in [1.165, 1.54) is 6.07 Å². The van der Waals surface area contributed by atoms with Crippen LogP contribution in [0.2, 0.25) is 5.02 Å². The monoisotopic (exact) mass is 474 g/mol. The van der Waals surface area contributed by atoms with Gasteiger partial charge in [-0.05, 0) is 49.1 Å². The third-order valence-corrected chi connectivity index (χ3v) is 8.30. The van der Waals surface area contributed by atoms with Gasteiger partial charge in [0.2, 0.25) is 0 Å². The van der Waals surface area contributed by atoms with Crippen molar-refractivity contribution in [1.82, 2.24) is 10.0 Å². The third-order valence-electron chi connectivity index (χ3n) is 7.97. The number of carbonyl (C=O) groups is 4. The Balaban J connectivity index is 1.42. The Morgan fingerprint density at radius 3 is 2.06 bits per heavy atom. The molecular weight excluding hydrogens is 452 g/mol. The van der Waals surface area contributed by atoms with Crippen LogP contribution in [0.5, 0.6) is 0 Å². The van der Waals surface area contributed by atoms with Gasteiger partial charge < -0.3 is 0 Å². The Labute approximate surface area is 202 Å². The molecule has 2 bridgehead atoms. The number of carbonyl (C=O) groups excluding carboxylic acids is 4. The van der Waals surface area contributed by atoms with Crippen LogP contribution in [-0.2, 0) is 9.59 Å². The number of hydrogen-bond donors (Lipinski definition) is 0. The van der Waals surface area contributed by atoms with Crippen LogP contribution in [0.3, 0.4) is 0 Å². The number of imide groups is 1. The summed E-state index contributed by atoms with van der Waals surface area (Å²) in [6.07, 6.45) is 5.20. The van der Waals surface area contributed by atoms with E-state index in [9.17, 15) is 19.2 Å². The number of ketones is 1. The van der Waals surface area contributed by atoms with Gasteiger partial charge in [-0.25, -0.2) is 5.01 Å². The van der Waals surface area contributed by atoms with E-state index in [4.69, 9.17) is 11.6 Å². The summed E-state index contributed by atoms with van der Waals surface area (Å²) >= 11 is 6.32. The number of benzene rings is 2. The first-order valence-corrected chi connectivity index (χ1v) is 12.0. The van der Waals surface area contributed by atoms with Crippen molar-refractivity contribution in [2.45, 2.75) is 19.4 Å². The molecule has 172 valence electrons. The van der Waals surface area contributed by atoms with Gasteiger partial charge in [-0.2, -0.15) is 5.01 Å². The maximum Gasteiger partial charge on any atom is 0.275 e. The van der Waals surface area contributed by atoms with Crippen LogP contribution in [-0.4, -0.2) is 39.6 Å². The van der Waals surface area contributed by atoms with Crippen molar-refractivity contribution in [2.24, 2.45) is 35.5 Å². The fraction of sp³-hybridized carbons (Fsp3) is 0.333. The predicted octanol–water partition coefficient (Wildman–Crippen LogP) is 4.02. The van der Waals surface area contributed by atoms with Crippen LogP contribution in [0.1, 0.15) is 34.1 Å². The summed E-state index contributed by atoms with van der Waals surface area (Å²) < 4.78 is 0. The Kier molecular flexibility index (Phi) is 4.78. The molecule has 4 aliphatic carbocycles. The minimum atomic E-state index is -1.08. The molecule has 1 saturated heterocycles. The lowest BCUT2D eigenvalue weighted by atomic mass is 9.63. The van der Waals surface area contributed by atoms with Gasteiger partial charge in [-0.1, -0.05) is 66.2 Å². The fourth-order valence-electron chi connectivity index (χ4n) is 6.31. The van der Waals surface area contributed by atoms with Gasteiger partial charge in [0.15, 0.2) is 5.78 Å². The van der Waals surface area contributed by atoms with Gasteiger partial charge in [0.25, 0.3) is 17.7 Å². The second kappa shape index (κ2) is 7.64. The molecule has 0 radical (unpaired) electrons. The SMILES string of the molecule is C[C@H](C(=O)c1ccccc1)N(C(=O)c1ccccc1Cl)N1C(=O)[C@@H]2[C@H]3C=C[C@@H]([C@@H]4C[C@@H]34)[C@@H]2C1=O. The molecule has 0 unspecified atom stereocenters. The Morgan fingerprint density at radius 1 is 0.912 bits per heavy atom. The number of amides is 3. The summed E-state index contributed by atoms with van der Waals surface area (Å²) in [5, 5.41) is 2.20. The lowest BCUT2D eigenvalue weighted by molar-refractivity contribution is -0.156. The van der Waals surface area contributed by atoms with Crippen molar-refractivity contribution < 1.29 is 19.2 Å². The molecule has 7 atom stereocenters. The average molecular weight is 475 g/mol. The zero-order valence-electron chi connectivity index (χ0n) is 18.5. The number of Topliss-reactive ketones (excluding diaryl/α,β-unsaturated/α-hetero) is 1. The molecule has 1 aliphatic heterocycles. The lowest BCUT2D eigenvalue weighted by Crippen LogP contribution is -2.56. The van der Waals surface area contributed by atoms with Crippen molar-refractivity contribution in [1.29, 1.82) is 0 Å². The molecule has 7 rings (SSSR count). The molecule has 0 aromatic heterocycles. The number of hydrazine groups is 1. The molecule has 34 heavy (non-hydrogen) atoms. The molecule has 1 heterocycles. The van der Waals surface area contributed by atoms with Gasteiger partial charge in [-0.15, -0.1) is 0 Å².